The van der Waals surface area contributed by atoms with Crippen molar-refractivity contribution in [2.75, 3.05) is 19.6 Å². The third kappa shape index (κ3) is 4.34. The van der Waals surface area contributed by atoms with Gasteiger partial charge in [0.2, 0.25) is 0 Å². The Labute approximate surface area is 125 Å². The van der Waals surface area contributed by atoms with E-state index in [-0.39, 0.29) is 5.41 Å². The van der Waals surface area contributed by atoms with Crippen LogP contribution in [0.1, 0.15) is 58.1 Å². The Hall–Kier alpha value is -0.820. The van der Waals surface area contributed by atoms with Crippen LogP contribution >= 0.6 is 0 Å². The van der Waals surface area contributed by atoms with Gasteiger partial charge in [-0.25, -0.2) is 0 Å². The van der Waals surface area contributed by atoms with Gasteiger partial charge < -0.3 is 4.90 Å². The van der Waals surface area contributed by atoms with E-state index in [0.717, 1.165) is 5.92 Å². The molecule has 0 amide bonds. The van der Waals surface area contributed by atoms with Crippen LogP contribution in [-0.4, -0.2) is 24.5 Å². The van der Waals surface area contributed by atoms with Gasteiger partial charge in [0.25, 0.3) is 0 Å². The third-order valence-electron chi connectivity index (χ3n) is 4.59. The Morgan fingerprint density at radius 1 is 1.05 bits per heavy atom. The minimum atomic E-state index is 0.268. The van der Waals surface area contributed by atoms with E-state index in [0.29, 0.717) is 0 Å². The van der Waals surface area contributed by atoms with Gasteiger partial charge in [-0.15, -0.1) is 0 Å². The molecule has 112 valence electrons. The highest BCUT2D eigenvalue weighted by Gasteiger charge is 2.19. The normalized spacial score (nSPS) is 18.4. The van der Waals surface area contributed by atoms with E-state index in [9.17, 15) is 0 Å². The van der Waals surface area contributed by atoms with Gasteiger partial charge in [-0.3, -0.25) is 0 Å². The Balaban J connectivity index is 1.85. The molecule has 0 unspecified atom stereocenters. The summed E-state index contributed by atoms with van der Waals surface area (Å²) < 4.78 is 0. The van der Waals surface area contributed by atoms with Crippen molar-refractivity contribution in [1.29, 1.82) is 0 Å². The minimum Gasteiger partial charge on any atom is -0.303 e. The van der Waals surface area contributed by atoms with E-state index in [2.05, 4.69) is 56.9 Å². The summed E-state index contributed by atoms with van der Waals surface area (Å²) >= 11 is 0. The molecule has 1 aliphatic rings. The maximum atomic E-state index is 2.62. The van der Waals surface area contributed by atoms with Gasteiger partial charge in [0.15, 0.2) is 0 Å². The van der Waals surface area contributed by atoms with Gasteiger partial charge in [-0.2, -0.15) is 0 Å². The quantitative estimate of drug-likeness (QED) is 0.772. The molecular weight excluding hydrogens is 242 g/mol. The number of nitrogens with zero attached hydrogens (tertiary/aromatic N) is 1. The first-order valence-electron chi connectivity index (χ1n) is 8.31. The molecule has 0 bridgehead atoms. The zero-order chi connectivity index (χ0) is 14.6. The number of likely N-dealkylation sites (tertiary alicyclic amines) is 1. The first-order valence-corrected chi connectivity index (χ1v) is 8.31. The molecule has 0 saturated carbocycles. The predicted molar refractivity (Wildman–Crippen MR) is 88.3 cm³/mol. The largest absolute Gasteiger partial charge is 0.303 e. The minimum absolute atomic E-state index is 0.268. The van der Waals surface area contributed by atoms with Crippen LogP contribution in [-0.2, 0) is 11.8 Å². The molecule has 0 radical (unpaired) electrons. The Morgan fingerprint density at radius 3 is 2.15 bits per heavy atom. The van der Waals surface area contributed by atoms with Crippen molar-refractivity contribution in [1.82, 2.24) is 4.90 Å². The smallest absolute Gasteiger partial charge is 0.00160 e. The summed E-state index contributed by atoms with van der Waals surface area (Å²) in [5.41, 5.74) is 3.23. The molecule has 1 aromatic rings. The number of hydrogen-bond donors (Lipinski definition) is 0. The van der Waals surface area contributed by atoms with Gasteiger partial charge in [-0.1, -0.05) is 52.0 Å². The van der Waals surface area contributed by atoms with Crippen molar-refractivity contribution in [2.45, 2.75) is 58.8 Å². The summed E-state index contributed by atoms with van der Waals surface area (Å²) in [6.45, 7) is 13.0. The molecule has 1 aromatic carbocycles. The molecule has 20 heavy (non-hydrogen) atoms. The zero-order valence-electron chi connectivity index (χ0n) is 13.8. The van der Waals surface area contributed by atoms with Crippen LogP contribution in [0.25, 0.3) is 0 Å². The van der Waals surface area contributed by atoms with Crippen molar-refractivity contribution in [2.24, 2.45) is 5.92 Å². The topological polar surface area (TPSA) is 3.24 Å². The molecule has 1 saturated heterocycles. The van der Waals surface area contributed by atoms with Crippen molar-refractivity contribution in [3.63, 3.8) is 0 Å². The second-order valence-electron chi connectivity index (χ2n) is 7.44. The van der Waals surface area contributed by atoms with E-state index >= 15 is 0 Å². The lowest BCUT2D eigenvalue weighted by molar-refractivity contribution is 0.184. The first-order chi connectivity index (χ1) is 9.49. The fraction of sp³-hybridized carbons (Fsp3) is 0.684. The standard InChI is InChI=1S/C19H31N/c1-5-12-20-13-10-17(11-14-20)15-16-6-8-18(9-7-16)19(2,3)4/h6-9,17H,5,10-15H2,1-4H3. The van der Waals surface area contributed by atoms with Crippen LogP contribution < -0.4 is 0 Å². The molecule has 0 atom stereocenters. The molecule has 0 spiro atoms. The second kappa shape index (κ2) is 6.76. The van der Waals surface area contributed by atoms with E-state index in [1.807, 2.05) is 0 Å². The Bertz CT molecular complexity index is 391. The maximum Gasteiger partial charge on any atom is -0.00160 e. The summed E-state index contributed by atoms with van der Waals surface area (Å²) in [6.07, 6.45) is 5.31. The number of hydrogen-bond acceptors (Lipinski definition) is 1. The second-order valence-corrected chi connectivity index (χ2v) is 7.44. The zero-order valence-corrected chi connectivity index (χ0v) is 13.8. The van der Waals surface area contributed by atoms with E-state index in [4.69, 9.17) is 0 Å². The van der Waals surface area contributed by atoms with Crippen LogP contribution in [0.2, 0.25) is 0 Å². The van der Waals surface area contributed by atoms with Crippen LogP contribution in [0.5, 0.6) is 0 Å². The molecular formula is C19H31N. The van der Waals surface area contributed by atoms with Gasteiger partial charge >= 0.3 is 0 Å². The SMILES string of the molecule is CCCN1CCC(Cc2ccc(C(C)(C)C)cc2)CC1. The van der Waals surface area contributed by atoms with Crippen molar-refractivity contribution in [3.05, 3.63) is 35.4 Å². The summed E-state index contributed by atoms with van der Waals surface area (Å²) in [4.78, 5) is 2.62. The summed E-state index contributed by atoms with van der Waals surface area (Å²) in [7, 11) is 0. The molecule has 0 aliphatic carbocycles. The van der Waals surface area contributed by atoms with Gasteiger partial charge in [-0.05, 0) is 67.8 Å². The molecule has 1 heterocycles. The Kier molecular flexibility index (Phi) is 5.26. The lowest BCUT2D eigenvalue weighted by atomic mass is 9.85. The first kappa shape index (κ1) is 15.6. The average Bonchev–Trinajstić information content (AvgIpc) is 2.41. The summed E-state index contributed by atoms with van der Waals surface area (Å²) in [5.74, 6) is 0.892. The van der Waals surface area contributed by atoms with Crippen molar-refractivity contribution >= 4 is 0 Å². The number of rotatable bonds is 4. The molecule has 1 fully saturated rings. The van der Waals surface area contributed by atoms with Crippen LogP contribution in [0.3, 0.4) is 0 Å². The molecule has 2 rings (SSSR count). The predicted octanol–water partition coefficient (Wildman–Crippen LogP) is 4.65. The van der Waals surface area contributed by atoms with Crippen molar-refractivity contribution in [3.8, 4) is 0 Å². The van der Waals surface area contributed by atoms with Crippen LogP contribution in [0.15, 0.2) is 24.3 Å². The van der Waals surface area contributed by atoms with E-state index < -0.39 is 0 Å². The highest BCUT2D eigenvalue weighted by atomic mass is 15.1. The summed E-state index contributed by atoms with van der Waals surface area (Å²) in [6, 6.07) is 9.33. The fourth-order valence-electron chi connectivity index (χ4n) is 3.20. The highest BCUT2D eigenvalue weighted by molar-refractivity contribution is 5.27. The number of benzene rings is 1. The van der Waals surface area contributed by atoms with Crippen LogP contribution in [0.4, 0.5) is 0 Å². The maximum absolute atomic E-state index is 2.62. The average molecular weight is 273 g/mol. The molecule has 0 aromatic heterocycles. The van der Waals surface area contributed by atoms with Crippen LogP contribution in [0, 0.1) is 5.92 Å². The monoisotopic (exact) mass is 273 g/mol. The lowest BCUT2D eigenvalue weighted by Crippen LogP contribution is -2.34. The van der Waals surface area contributed by atoms with Crippen molar-refractivity contribution < 1.29 is 0 Å². The van der Waals surface area contributed by atoms with Gasteiger partial charge in [0, 0.05) is 0 Å². The molecule has 1 nitrogen and oxygen atoms in total. The highest BCUT2D eigenvalue weighted by Crippen LogP contribution is 2.25. The fourth-order valence-corrected chi connectivity index (χ4v) is 3.20. The van der Waals surface area contributed by atoms with E-state index in [1.54, 1.807) is 0 Å². The number of piperidine rings is 1. The Morgan fingerprint density at radius 2 is 1.65 bits per heavy atom. The van der Waals surface area contributed by atoms with Gasteiger partial charge in [0.05, 0.1) is 0 Å². The molecule has 1 aliphatic heterocycles. The lowest BCUT2D eigenvalue weighted by Gasteiger charge is -2.31. The summed E-state index contributed by atoms with van der Waals surface area (Å²) in [5, 5.41) is 0. The molecule has 0 N–H and O–H groups in total. The third-order valence-corrected chi connectivity index (χ3v) is 4.59. The van der Waals surface area contributed by atoms with Gasteiger partial charge in [0.1, 0.15) is 0 Å². The molecule has 1 heteroatoms. The van der Waals surface area contributed by atoms with E-state index in [1.165, 1.54) is 56.4 Å².